The Morgan fingerprint density at radius 3 is 1.38 bits per heavy atom. The van der Waals surface area contributed by atoms with Crippen LogP contribution in [0.5, 0.6) is 0 Å². The lowest BCUT2D eigenvalue weighted by molar-refractivity contribution is 0.793. The molecule has 0 saturated carbocycles. The molecule has 0 bridgehead atoms. The van der Waals surface area contributed by atoms with Crippen molar-refractivity contribution in [2.45, 2.75) is 33.1 Å². The highest BCUT2D eigenvalue weighted by Gasteiger charge is 2.51. The van der Waals surface area contributed by atoms with Gasteiger partial charge >= 0.3 is 0 Å². The maximum absolute atomic E-state index is 3.65. The molecule has 0 heterocycles. The average molecular weight is 673 g/mol. The van der Waals surface area contributed by atoms with E-state index >= 15 is 0 Å². The molecule has 0 saturated heterocycles. The summed E-state index contributed by atoms with van der Waals surface area (Å²) in [5.74, 6) is 0. The third-order valence-electron chi connectivity index (χ3n) is 9.31. The van der Waals surface area contributed by atoms with E-state index in [9.17, 15) is 0 Å². The average Bonchev–Trinajstić information content (AvgIpc) is 3.61. The van der Waals surface area contributed by atoms with Crippen molar-refractivity contribution in [2.24, 2.45) is 0 Å². The second-order valence-corrected chi connectivity index (χ2v) is 12.4. The predicted octanol–water partition coefficient (Wildman–Crippen LogP) is 13.5. The lowest BCUT2D eigenvalue weighted by Gasteiger charge is -2.32. The fraction of sp³-hybridized carbons (Fsp3) is 0.111. The summed E-state index contributed by atoms with van der Waals surface area (Å²) in [5.41, 5.74) is 13.7. The summed E-state index contributed by atoms with van der Waals surface area (Å²) in [7, 11) is 0. The van der Waals surface area contributed by atoms with Crippen molar-refractivity contribution in [1.29, 1.82) is 0 Å². The Balaban J connectivity index is 0.000000848. The predicted molar refractivity (Wildman–Crippen MR) is 205 cm³/mol. The zero-order valence-corrected chi connectivity index (χ0v) is 28.9. The quantitative estimate of drug-likeness (QED) is 0.181. The molecule has 0 unspecified atom stereocenters. The molecule has 2 heteroatoms. The van der Waals surface area contributed by atoms with Crippen molar-refractivity contribution >= 4 is 43.8 Å². The van der Waals surface area contributed by atoms with Gasteiger partial charge in [0.05, 0.1) is 5.41 Å². The van der Waals surface area contributed by atoms with E-state index in [1.165, 1.54) is 55.3 Å². The molecule has 0 amide bonds. The van der Waals surface area contributed by atoms with Crippen molar-refractivity contribution in [3.05, 3.63) is 184 Å². The molecule has 9 rings (SSSR count). The van der Waals surface area contributed by atoms with Gasteiger partial charge in [0.25, 0.3) is 0 Å². The lowest BCUT2D eigenvalue weighted by Crippen LogP contribution is -2.26. The molecule has 0 N–H and O–H groups in total. The molecule has 0 fully saturated rings. The molecular weight excluding hydrogens is 634 g/mol. The first-order chi connectivity index (χ1) is 23.2. The van der Waals surface area contributed by atoms with E-state index in [1.807, 2.05) is 27.7 Å². The molecule has 7 aromatic carbocycles. The van der Waals surface area contributed by atoms with Crippen molar-refractivity contribution < 1.29 is 0 Å². The molecule has 0 atom stereocenters. The van der Waals surface area contributed by atoms with Crippen molar-refractivity contribution in [2.75, 3.05) is 4.90 Å². The summed E-state index contributed by atoms with van der Waals surface area (Å²) < 4.78 is 1.07. The van der Waals surface area contributed by atoms with E-state index in [2.05, 4.69) is 179 Å². The normalized spacial score (nSPS) is 12.5. The number of nitrogens with zero attached hydrogens (tertiary/aromatic N) is 1. The first-order valence-electron chi connectivity index (χ1n) is 16.7. The van der Waals surface area contributed by atoms with Crippen molar-refractivity contribution in [3.8, 4) is 22.3 Å². The minimum atomic E-state index is -0.371. The second kappa shape index (κ2) is 12.7. The van der Waals surface area contributed by atoms with Crippen molar-refractivity contribution in [3.63, 3.8) is 0 Å². The monoisotopic (exact) mass is 671 g/mol. The maximum Gasteiger partial charge on any atom is 0.0726 e. The van der Waals surface area contributed by atoms with Crippen LogP contribution in [0.2, 0.25) is 0 Å². The Morgan fingerprint density at radius 2 is 0.809 bits per heavy atom. The van der Waals surface area contributed by atoms with Crippen LogP contribution in [0.1, 0.15) is 49.9 Å². The Labute approximate surface area is 287 Å². The Kier molecular flexibility index (Phi) is 8.30. The van der Waals surface area contributed by atoms with Gasteiger partial charge in [-0.15, -0.1) is 0 Å². The minimum absolute atomic E-state index is 0.371. The minimum Gasteiger partial charge on any atom is -0.310 e. The van der Waals surface area contributed by atoms with Gasteiger partial charge in [0.2, 0.25) is 0 Å². The third kappa shape index (κ3) is 4.74. The Bertz CT molecular complexity index is 2150. The number of benzene rings is 7. The molecule has 0 radical (unpaired) electrons. The summed E-state index contributed by atoms with van der Waals surface area (Å²) >= 11 is 3.65. The molecular formula is C45H38BrN. The highest BCUT2D eigenvalue weighted by Crippen LogP contribution is 2.63. The van der Waals surface area contributed by atoms with Gasteiger partial charge in [-0.3, -0.25) is 0 Å². The summed E-state index contributed by atoms with van der Waals surface area (Å²) in [6.45, 7) is 8.00. The van der Waals surface area contributed by atoms with Gasteiger partial charge in [-0.1, -0.05) is 153 Å². The largest absolute Gasteiger partial charge is 0.310 e. The van der Waals surface area contributed by atoms with Crippen LogP contribution < -0.4 is 4.90 Å². The zero-order valence-electron chi connectivity index (χ0n) is 27.3. The maximum atomic E-state index is 3.65. The fourth-order valence-electron chi connectivity index (χ4n) is 7.58. The van der Waals surface area contributed by atoms with Gasteiger partial charge in [-0.25, -0.2) is 0 Å². The van der Waals surface area contributed by atoms with E-state index in [4.69, 9.17) is 0 Å². The zero-order chi connectivity index (χ0) is 32.5. The van der Waals surface area contributed by atoms with Crippen LogP contribution >= 0.6 is 15.9 Å². The standard InChI is InChI=1S/C41H26BrN.2C2H6/c42-29-18-21-30(22-19-29)43(31-20-17-27-9-1-2-10-28(27)25-31)32-23-24-36-35-13-5-8-16-39(35)41(40(36)26-32)37-14-6-3-11-33(37)34-12-4-7-15-38(34)41;2*1-2/h1-26H;2*1-2H3. The van der Waals surface area contributed by atoms with Crippen LogP contribution in [0.3, 0.4) is 0 Å². The SMILES string of the molecule is Brc1ccc(N(c2ccc3c(c2)C2(c4ccccc4-c4ccccc42)c2ccccc2-3)c2ccc3ccccc3c2)cc1.CC.CC. The van der Waals surface area contributed by atoms with Crippen LogP contribution in [0.15, 0.2) is 162 Å². The number of anilines is 3. The molecule has 2 aliphatic carbocycles. The first-order valence-corrected chi connectivity index (χ1v) is 17.5. The van der Waals surface area contributed by atoms with Gasteiger partial charge in [0.15, 0.2) is 0 Å². The van der Waals surface area contributed by atoms with E-state index in [1.54, 1.807) is 0 Å². The van der Waals surface area contributed by atoms with Gasteiger partial charge in [-0.05, 0) is 104 Å². The molecule has 1 nitrogen and oxygen atoms in total. The molecule has 2 aliphatic rings. The van der Waals surface area contributed by atoms with Gasteiger partial charge in [0.1, 0.15) is 0 Å². The smallest absolute Gasteiger partial charge is 0.0726 e. The van der Waals surface area contributed by atoms with E-state index < -0.39 is 0 Å². The number of hydrogen-bond acceptors (Lipinski definition) is 1. The van der Waals surface area contributed by atoms with Crippen LogP contribution in [0, 0.1) is 0 Å². The van der Waals surface area contributed by atoms with Crippen LogP contribution in [0.4, 0.5) is 17.1 Å². The topological polar surface area (TPSA) is 3.24 Å². The highest BCUT2D eigenvalue weighted by molar-refractivity contribution is 9.10. The van der Waals surface area contributed by atoms with Crippen LogP contribution in [0.25, 0.3) is 33.0 Å². The number of halogens is 1. The van der Waals surface area contributed by atoms with Gasteiger partial charge < -0.3 is 4.90 Å². The molecule has 7 aromatic rings. The number of rotatable bonds is 3. The van der Waals surface area contributed by atoms with Crippen molar-refractivity contribution in [1.82, 2.24) is 0 Å². The second-order valence-electron chi connectivity index (χ2n) is 11.5. The third-order valence-corrected chi connectivity index (χ3v) is 9.84. The molecule has 0 aromatic heterocycles. The summed E-state index contributed by atoms with van der Waals surface area (Å²) in [6.07, 6.45) is 0. The van der Waals surface area contributed by atoms with Crippen LogP contribution in [-0.4, -0.2) is 0 Å². The Morgan fingerprint density at radius 1 is 0.383 bits per heavy atom. The van der Waals surface area contributed by atoms with Gasteiger partial charge in [0, 0.05) is 21.5 Å². The lowest BCUT2D eigenvalue weighted by atomic mass is 9.70. The molecule has 230 valence electrons. The van der Waals surface area contributed by atoms with E-state index in [-0.39, 0.29) is 5.41 Å². The van der Waals surface area contributed by atoms with E-state index in [0.717, 1.165) is 21.5 Å². The first kappa shape index (κ1) is 30.7. The fourth-order valence-corrected chi connectivity index (χ4v) is 7.84. The van der Waals surface area contributed by atoms with Gasteiger partial charge in [-0.2, -0.15) is 0 Å². The summed E-state index contributed by atoms with van der Waals surface area (Å²) in [6, 6.07) is 58.0. The van der Waals surface area contributed by atoms with E-state index in [0.29, 0.717) is 0 Å². The summed E-state index contributed by atoms with van der Waals surface area (Å²) in [5, 5.41) is 2.47. The molecule has 0 aliphatic heterocycles. The molecule has 47 heavy (non-hydrogen) atoms. The summed E-state index contributed by atoms with van der Waals surface area (Å²) in [4.78, 5) is 2.39. The van der Waals surface area contributed by atoms with Crippen LogP contribution in [-0.2, 0) is 5.41 Å². The number of fused-ring (bicyclic) bond motifs is 11. The Hall–Kier alpha value is -4.92. The highest BCUT2D eigenvalue weighted by atomic mass is 79.9. The number of hydrogen-bond donors (Lipinski definition) is 0. The molecule has 1 spiro atoms.